The van der Waals surface area contributed by atoms with Gasteiger partial charge < -0.3 is 16.0 Å². The summed E-state index contributed by atoms with van der Waals surface area (Å²) in [5, 5.41) is 9.87. The van der Waals surface area contributed by atoms with E-state index >= 15 is 0 Å². The molecule has 0 heterocycles. The smallest absolute Gasteiger partial charge is 0.113 e. The Morgan fingerprint density at radius 2 is 1.78 bits per heavy atom. The predicted octanol–water partition coefficient (Wildman–Crippen LogP) is 3.02. The lowest BCUT2D eigenvalue weighted by atomic mass is 10.1. The average Bonchev–Trinajstić information content (AvgIpc) is 2.21. The van der Waals surface area contributed by atoms with Crippen LogP contribution in [0.15, 0.2) is 48.1 Å². The fraction of sp³-hybridized carbons (Fsp3) is 0.467. The maximum absolute atomic E-state index is 3.89. The van der Waals surface area contributed by atoms with Crippen LogP contribution in [0.3, 0.4) is 0 Å². The molecule has 0 aromatic heterocycles. The van der Waals surface area contributed by atoms with Gasteiger partial charge in [-0.1, -0.05) is 25.3 Å². The van der Waals surface area contributed by atoms with Gasteiger partial charge in [0, 0.05) is 29.6 Å². The second-order valence-corrected chi connectivity index (χ2v) is 5.23. The lowest BCUT2D eigenvalue weighted by Gasteiger charge is -2.27. The van der Waals surface area contributed by atoms with Crippen molar-refractivity contribution in [3.8, 4) is 0 Å². The summed E-state index contributed by atoms with van der Waals surface area (Å²) in [5.74, 6) is 0.910. The Hall–Kier alpha value is -1.64. The predicted molar refractivity (Wildman–Crippen MR) is 80.9 cm³/mol. The van der Waals surface area contributed by atoms with Crippen LogP contribution in [0.4, 0.5) is 0 Å². The molecule has 0 aromatic carbocycles. The molecule has 3 N–H and O–H groups in total. The molecule has 0 saturated heterocycles. The Kier molecular flexibility index (Phi) is 6.31. The Balaban J connectivity index is 5.58. The summed E-state index contributed by atoms with van der Waals surface area (Å²) in [6.07, 6.45) is 3.84. The molecule has 3 heteroatoms. The molecule has 0 amide bonds. The highest BCUT2D eigenvalue weighted by atomic mass is 15.1. The van der Waals surface area contributed by atoms with E-state index in [0.29, 0.717) is 0 Å². The molecule has 0 saturated carbocycles. The summed E-state index contributed by atoms with van der Waals surface area (Å²) in [5.41, 5.74) is 2.86. The maximum atomic E-state index is 3.89. The Bertz CT molecular complexity index is 368. The third kappa shape index (κ3) is 5.62. The van der Waals surface area contributed by atoms with E-state index in [1.807, 2.05) is 33.0 Å². The van der Waals surface area contributed by atoms with Crippen LogP contribution in [-0.2, 0) is 0 Å². The van der Waals surface area contributed by atoms with Crippen molar-refractivity contribution in [1.29, 1.82) is 0 Å². The van der Waals surface area contributed by atoms with Gasteiger partial charge in [0.1, 0.15) is 5.82 Å². The van der Waals surface area contributed by atoms with Crippen molar-refractivity contribution in [3.05, 3.63) is 48.1 Å². The number of allylic oxidation sites excluding steroid dienone is 3. The summed E-state index contributed by atoms with van der Waals surface area (Å²) in [4.78, 5) is 0. The van der Waals surface area contributed by atoms with Crippen molar-refractivity contribution in [2.24, 2.45) is 0 Å². The second-order valence-electron chi connectivity index (χ2n) is 5.23. The first-order valence-corrected chi connectivity index (χ1v) is 6.17. The van der Waals surface area contributed by atoms with Crippen LogP contribution in [0, 0.1) is 0 Å². The van der Waals surface area contributed by atoms with Crippen LogP contribution < -0.4 is 16.0 Å². The molecular weight excluding hydrogens is 222 g/mol. The molecule has 0 aliphatic heterocycles. The van der Waals surface area contributed by atoms with Gasteiger partial charge in [-0.05, 0) is 34.6 Å². The fourth-order valence-corrected chi connectivity index (χ4v) is 1.54. The van der Waals surface area contributed by atoms with Crippen LogP contribution >= 0.6 is 0 Å². The highest BCUT2D eigenvalue weighted by Crippen LogP contribution is 2.14. The third-order valence-electron chi connectivity index (χ3n) is 2.16. The van der Waals surface area contributed by atoms with E-state index in [1.165, 1.54) is 0 Å². The Morgan fingerprint density at radius 3 is 2.06 bits per heavy atom. The second kappa shape index (κ2) is 6.94. The maximum Gasteiger partial charge on any atom is 0.113 e. The highest BCUT2D eigenvalue weighted by Gasteiger charge is 2.15. The van der Waals surface area contributed by atoms with Crippen molar-refractivity contribution in [2.45, 2.75) is 40.2 Å². The zero-order valence-electron chi connectivity index (χ0n) is 12.6. The van der Waals surface area contributed by atoms with Crippen molar-refractivity contribution in [3.63, 3.8) is 0 Å². The highest BCUT2D eigenvalue weighted by molar-refractivity contribution is 5.41. The van der Waals surface area contributed by atoms with Gasteiger partial charge in [0.2, 0.25) is 0 Å². The molecule has 0 bridgehead atoms. The minimum absolute atomic E-state index is 0.0430. The molecule has 0 unspecified atom stereocenters. The molecule has 0 fully saturated rings. The number of rotatable bonds is 6. The van der Waals surface area contributed by atoms with Gasteiger partial charge in [0.25, 0.3) is 0 Å². The van der Waals surface area contributed by atoms with Crippen molar-refractivity contribution in [2.75, 3.05) is 7.05 Å². The lowest BCUT2D eigenvalue weighted by Crippen LogP contribution is -2.41. The molecule has 0 atom stereocenters. The van der Waals surface area contributed by atoms with E-state index in [2.05, 4.69) is 49.9 Å². The van der Waals surface area contributed by atoms with Crippen molar-refractivity contribution in [1.82, 2.24) is 16.0 Å². The summed E-state index contributed by atoms with van der Waals surface area (Å²) < 4.78 is 0. The van der Waals surface area contributed by atoms with Crippen LogP contribution in [0.5, 0.6) is 0 Å². The van der Waals surface area contributed by atoms with Crippen LogP contribution in [0.1, 0.15) is 34.6 Å². The van der Waals surface area contributed by atoms with Gasteiger partial charge >= 0.3 is 0 Å². The third-order valence-corrected chi connectivity index (χ3v) is 2.16. The zero-order chi connectivity index (χ0) is 14.3. The van der Waals surface area contributed by atoms with E-state index in [4.69, 9.17) is 0 Å². The number of nitrogens with one attached hydrogen (secondary N) is 3. The first kappa shape index (κ1) is 16.4. The summed E-state index contributed by atoms with van der Waals surface area (Å²) >= 11 is 0. The molecule has 0 aromatic rings. The molecule has 102 valence electrons. The number of hydrogen-bond donors (Lipinski definition) is 3. The topological polar surface area (TPSA) is 36.1 Å². The molecule has 3 nitrogen and oxygen atoms in total. The van der Waals surface area contributed by atoms with Gasteiger partial charge in [0.15, 0.2) is 0 Å². The normalized spacial score (nSPS) is 13.6. The van der Waals surface area contributed by atoms with E-state index in [9.17, 15) is 0 Å². The average molecular weight is 249 g/mol. The molecule has 0 radical (unpaired) electrons. The molecule has 18 heavy (non-hydrogen) atoms. The first-order chi connectivity index (χ1) is 8.25. The standard InChI is InChI=1S/C15H27N3/c1-9-12(13(10-2)16-8)14(17-11(3)4)18-15(5,6)7/h9-10,16-18H,1,3H2,2,4-8H3/b13-10?,14-12+. The van der Waals surface area contributed by atoms with Crippen LogP contribution in [0.25, 0.3) is 0 Å². The first-order valence-electron chi connectivity index (χ1n) is 6.17. The van der Waals surface area contributed by atoms with Crippen LogP contribution in [-0.4, -0.2) is 12.6 Å². The lowest BCUT2D eigenvalue weighted by molar-refractivity contribution is 0.457. The molecule has 0 aliphatic rings. The molecular formula is C15H27N3. The monoisotopic (exact) mass is 249 g/mol. The molecule has 0 spiro atoms. The minimum atomic E-state index is -0.0430. The van der Waals surface area contributed by atoms with E-state index in [-0.39, 0.29) is 5.54 Å². The molecule has 0 aliphatic carbocycles. The van der Waals surface area contributed by atoms with Gasteiger partial charge in [-0.25, -0.2) is 0 Å². The van der Waals surface area contributed by atoms with Gasteiger partial charge in [-0.2, -0.15) is 0 Å². The van der Waals surface area contributed by atoms with E-state index < -0.39 is 0 Å². The largest absolute Gasteiger partial charge is 0.388 e. The Labute approximate surface area is 112 Å². The minimum Gasteiger partial charge on any atom is -0.388 e. The number of hydrogen-bond acceptors (Lipinski definition) is 3. The zero-order valence-corrected chi connectivity index (χ0v) is 12.6. The summed E-state index contributed by atoms with van der Waals surface area (Å²) in [6.45, 7) is 18.0. The van der Waals surface area contributed by atoms with E-state index in [0.717, 1.165) is 22.8 Å². The summed E-state index contributed by atoms with van der Waals surface area (Å²) in [7, 11) is 1.90. The van der Waals surface area contributed by atoms with Gasteiger partial charge in [-0.3, -0.25) is 0 Å². The van der Waals surface area contributed by atoms with E-state index in [1.54, 1.807) is 0 Å². The molecule has 0 rings (SSSR count). The van der Waals surface area contributed by atoms with Crippen molar-refractivity contribution >= 4 is 0 Å². The SMILES string of the molecule is C=C/C(C(=CC)NC)=C(/NC(=C)C)NC(C)(C)C. The quantitative estimate of drug-likeness (QED) is 0.633. The number of likely N-dealkylation sites (N-methyl/N-ethyl adjacent to an activating group) is 1. The Morgan fingerprint density at radius 1 is 1.22 bits per heavy atom. The summed E-state index contributed by atoms with van der Waals surface area (Å²) in [6, 6.07) is 0. The van der Waals surface area contributed by atoms with Gasteiger partial charge in [0.05, 0.1) is 0 Å². The van der Waals surface area contributed by atoms with Crippen molar-refractivity contribution < 1.29 is 0 Å². The van der Waals surface area contributed by atoms with Crippen LogP contribution in [0.2, 0.25) is 0 Å². The van der Waals surface area contributed by atoms with Gasteiger partial charge in [-0.15, -0.1) is 0 Å². The fourth-order valence-electron chi connectivity index (χ4n) is 1.54.